The first-order chi connectivity index (χ1) is 19.8. The summed E-state index contributed by atoms with van der Waals surface area (Å²) in [6.07, 6.45) is 1.62. The summed E-state index contributed by atoms with van der Waals surface area (Å²) in [6, 6.07) is 25.1. The summed E-state index contributed by atoms with van der Waals surface area (Å²) in [5.74, 6) is 0.0683. The number of ether oxygens (including phenoxy) is 2. The maximum atomic E-state index is 13.1. The lowest BCUT2D eigenvalue weighted by Crippen LogP contribution is -2.36. The van der Waals surface area contributed by atoms with Crippen LogP contribution in [0.2, 0.25) is 0 Å². The van der Waals surface area contributed by atoms with Crippen LogP contribution in [-0.2, 0) is 16.2 Å². The van der Waals surface area contributed by atoms with Gasteiger partial charge in [-0.1, -0.05) is 60.2 Å². The Morgan fingerprint density at radius 3 is 2.54 bits per heavy atom. The van der Waals surface area contributed by atoms with Crippen molar-refractivity contribution in [2.75, 3.05) is 18.5 Å². The number of thioether (sulfide) groups is 1. The molecule has 0 atom stereocenters. The maximum Gasteiger partial charge on any atom is 0.294 e. The van der Waals surface area contributed by atoms with Crippen molar-refractivity contribution in [3.8, 4) is 11.5 Å². The number of carbonyl (C=O) groups is 3. The zero-order valence-electron chi connectivity index (χ0n) is 22.5. The first kappa shape index (κ1) is 28.4. The molecule has 0 bridgehead atoms. The molecular formula is C32H27BrN2O5S. The van der Waals surface area contributed by atoms with Gasteiger partial charge in [0, 0.05) is 5.69 Å². The molecule has 0 aromatic heterocycles. The maximum absolute atomic E-state index is 13.1. The first-order valence-electron chi connectivity index (χ1n) is 13.0. The van der Waals surface area contributed by atoms with Crippen LogP contribution >= 0.6 is 27.7 Å². The van der Waals surface area contributed by atoms with E-state index in [1.165, 1.54) is 0 Å². The number of nitrogens with one attached hydrogen (secondary N) is 1. The number of amides is 3. The van der Waals surface area contributed by atoms with Crippen LogP contribution in [0.25, 0.3) is 16.8 Å². The second-order valence-corrected chi connectivity index (χ2v) is 11.2. The molecule has 3 amide bonds. The quantitative estimate of drug-likeness (QED) is 0.192. The van der Waals surface area contributed by atoms with Gasteiger partial charge in [-0.15, -0.1) is 0 Å². The number of hydrogen-bond acceptors (Lipinski definition) is 6. The van der Waals surface area contributed by atoms with Gasteiger partial charge in [0.25, 0.3) is 11.1 Å². The van der Waals surface area contributed by atoms with E-state index in [0.29, 0.717) is 40.4 Å². The van der Waals surface area contributed by atoms with E-state index in [-0.39, 0.29) is 11.4 Å². The summed E-state index contributed by atoms with van der Waals surface area (Å²) in [5, 5.41) is 4.47. The average Bonchev–Trinajstić information content (AvgIpc) is 3.21. The van der Waals surface area contributed by atoms with Crippen molar-refractivity contribution in [1.82, 2.24) is 4.90 Å². The fraction of sp³-hybridized carbons (Fsp3) is 0.156. The number of carbonyl (C=O) groups excluding carboxylic acids is 3. The molecule has 5 rings (SSSR count). The van der Waals surface area contributed by atoms with Gasteiger partial charge in [0.05, 0.1) is 16.0 Å². The van der Waals surface area contributed by atoms with Gasteiger partial charge >= 0.3 is 0 Å². The number of aryl methyl sites for hydroxylation is 1. The van der Waals surface area contributed by atoms with E-state index in [2.05, 4.69) is 39.4 Å². The minimum Gasteiger partial charge on any atom is -0.490 e. The van der Waals surface area contributed by atoms with E-state index in [1.54, 1.807) is 30.3 Å². The molecule has 1 aliphatic rings. The first-order valence-corrected chi connectivity index (χ1v) is 14.6. The smallest absolute Gasteiger partial charge is 0.294 e. The lowest BCUT2D eigenvalue weighted by atomic mass is 10.1. The fourth-order valence-corrected chi connectivity index (χ4v) is 5.82. The highest BCUT2D eigenvalue weighted by Gasteiger charge is 2.36. The van der Waals surface area contributed by atoms with Crippen molar-refractivity contribution >= 4 is 67.3 Å². The van der Waals surface area contributed by atoms with Crippen LogP contribution < -0.4 is 14.8 Å². The monoisotopic (exact) mass is 630 g/mol. The summed E-state index contributed by atoms with van der Waals surface area (Å²) in [7, 11) is 0. The number of halogens is 1. The Kier molecular flexibility index (Phi) is 8.75. The molecule has 0 saturated carbocycles. The fourth-order valence-electron chi connectivity index (χ4n) is 4.41. The van der Waals surface area contributed by atoms with E-state index >= 15 is 0 Å². The molecule has 0 aliphatic carbocycles. The Morgan fingerprint density at radius 2 is 1.76 bits per heavy atom. The van der Waals surface area contributed by atoms with Gasteiger partial charge in [-0.05, 0) is 93.8 Å². The van der Waals surface area contributed by atoms with Crippen molar-refractivity contribution in [3.05, 3.63) is 105 Å². The van der Waals surface area contributed by atoms with Crippen molar-refractivity contribution in [3.63, 3.8) is 0 Å². The zero-order valence-corrected chi connectivity index (χ0v) is 24.9. The number of nitrogens with zero attached hydrogens (tertiary/aromatic N) is 1. The van der Waals surface area contributed by atoms with E-state index < -0.39 is 17.1 Å². The van der Waals surface area contributed by atoms with Crippen LogP contribution in [0.1, 0.15) is 23.6 Å². The number of hydrogen-bond donors (Lipinski definition) is 1. The van der Waals surface area contributed by atoms with E-state index in [0.717, 1.165) is 38.6 Å². The molecule has 0 spiro atoms. The third kappa shape index (κ3) is 6.64. The Morgan fingerprint density at radius 1 is 1.00 bits per heavy atom. The Bertz CT molecular complexity index is 1660. The zero-order chi connectivity index (χ0) is 28.9. The predicted molar refractivity (Wildman–Crippen MR) is 166 cm³/mol. The number of rotatable bonds is 9. The second-order valence-electron chi connectivity index (χ2n) is 9.37. The highest BCUT2D eigenvalue weighted by molar-refractivity contribution is 9.10. The summed E-state index contributed by atoms with van der Waals surface area (Å²) in [4.78, 5) is 39.4. The highest BCUT2D eigenvalue weighted by Crippen LogP contribution is 2.40. The Hall–Kier alpha value is -4.08. The van der Waals surface area contributed by atoms with Crippen molar-refractivity contribution in [2.45, 2.75) is 20.5 Å². The summed E-state index contributed by atoms with van der Waals surface area (Å²) >= 11 is 4.39. The number of fused-ring (bicyclic) bond motifs is 1. The van der Waals surface area contributed by atoms with E-state index in [4.69, 9.17) is 9.47 Å². The standard InChI is InChI=1S/C32H27BrN2O5S/c1-3-39-27-16-21(15-26(33)30(27)40-19-23-9-6-8-22-7-4-5-10-25(22)23)17-28-31(37)35(32(38)41-28)18-29(36)34-24-13-11-20(2)12-14-24/h4-17H,3,18-19H2,1-2H3,(H,34,36)/b28-17+. The molecule has 1 fully saturated rings. The Balaban J connectivity index is 1.32. The topological polar surface area (TPSA) is 84.9 Å². The average molecular weight is 632 g/mol. The molecular weight excluding hydrogens is 604 g/mol. The predicted octanol–water partition coefficient (Wildman–Crippen LogP) is 7.56. The van der Waals surface area contributed by atoms with Gasteiger partial charge in [0.2, 0.25) is 5.91 Å². The molecule has 0 radical (unpaired) electrons. The molecule has 41 heavy (non-hydrogen) atoms. The van der Waals surface area contributed by atoms with E-state index in [9.17, 15) is 14.4 Å². The third-order valence-corrected chi connectivity index (χ3v) is 7.89. The van der Waals surface area contributed by atoms with Crippen LogP contribution in [-0.4, -0.2) is 35.1 Å². The van der Waals surface area contributed by atoms with E-state index in [1.807, 2.05) is 50.2 Å². The van der Waals surface area contributed by atoms with Crippen molar-refractivity contribution in [2.24, 2.45) is 0 Å². The van der Waals surface area contributed by atoms with Crippen LogP contribution in [0.4, 0.5) is 10.5 Å². The normalized spacial score (nSPS) is 14.1. The molecule has 1 heterocycles. The molecule has 0 unspecified atom stereocenters. The van der Waals surface area contributed by atoms with Crippen LogP contribution in [0.3, 0.4) is 0 Å². The SMILES string of the molecule is CCOc1cc(/C=C2/SC(=O)N(CC(=O)Nc3ccc(C)cc3)C2=O)cc(Br)c1OCc1cccc2ccccc12. The number of imide groups is 1. The minimum atomic E-state index is -0.524. The van der Waals surface area contributed by atoms with Gasteiger partial charge in [0.15, 0.2) is 11.5 Å². The minimum absolute atomic E-state index is 0.219. The molecule has 1 saturated heterocycles. The molecule has 4 aromatic rings. The van der Waals surface area contributed by atoms with Gasteiger partial charge in [-0.25, -0.2) is 0 Å². The second kappa shape index (κ2) is 12.6. The van der Waals surface area contributed by atoms with Gasteiger partial charge < -0.3 is 14.8 Å². The largest absolute Gasteiger partial charge is 0.490 e. The highest BCUT2D eigenvalue weighted by atomic mass is 79.9. The third-order valence-electron chi connectivity index (χ3n) is 6.39. The van der Waals surface area contributed by atoms with Gasteiger partial charge in [-0.2, -0.15) is 0 Å². The van der Waals surface area contributed by atoms with Crippen LogP contribution in [0.15, 0.2) is 88.2 Å². The summed E-state index contributed by atoms with van der Waals surface area (Å²) in [5.41, 5.74) is 3.34. The van der Waals surface area contributed by atoms with Gasteiger partial charge in [0.1, 0.15) is 13.2 Å². The summed E-state index contributed by atoms with van der Waals surface area (Å²) in [6.45, 7) is 4.20. The lowest BCUT2D eigenvalue weighted by molar-refractivity contribution is -0.127. The van der Waals surface area contributed by atoms with Crippen LogP contribution in [0, 0.1) is 6.92 Å². The summed E-state index contributed by atoms with van der Waals surface area (Å²) < 4.78 is 12.7. The number of benzene rings is 4. The molecule has 1 aliphatic heterocycles. The molecule has 4 aromatic carbocycles. The van der Waals surface area contributed by atoms with Crippen molar-refractivity contribution in [1.29, 1.82) is 0 Å². The molecule has 9 heteroatoms. The van der Waals surface area contributed by atoms with Crippen LogP contribution in [0.5, 0.6) is 11.5 Å². The molecule has 208 valence electrons. The number of anilines is 1. The van der Waals surface area contributed by atoms with Gasteiger partial charge in [-0.3, -0.25) is 19.3 Å². The molecule has 1 N–H and O–H groups in total. The van der Waals surface area contributed by atoms with Crippen molar-refractivity contribution < 1.29 is 23.9 Å². The molecule has 7 nitrogen and oxygen atoms in total. The Labute approximate surface area is 250 Å². The lowest BCUT2D eigenvalue weighted by Gasteiger charge is -2.16.